The molecule has 0 aliphatic carbocycles. The van der Waals surface area contributed by atoms with Crippen molar-refractivity contribution in [2.75, 3.05) is 6.54 Å². The molecule has 1 atom stereocenters. The number of aromatic nitrogens is 1. The number of hydrogen-bond donors (Lipinski definition) is 2. The van der Waals surface area contributed by atoms with Gasteiger partial charge in [-0.1, -0.05) is 18.2 Å². The Bertz CT molecular complexity index is 646. The summed E-state index contributed by atoms with van der Waals surface area (Å²) >= 11 is 0. The molecule has 2 heterocycles. The predicted octanol–water partition coefficient (Wildman–Crippen LogP) is 2.67. The minimum Gasteiger partial charge on any atom is -0.478 e. The highest BCUT2D eigenvalue weighted by atomic mass is 16.4. The van der Waals surface area contributed by atoms with Crippen molar-refractivity contribution in [1.29, 1.82) is 0 Å². The Balaban J connectivity index is 2.25. The molecule has 19 heavy (non-hydrogen) atoms. The summed E-state index contributed by atoms with van der Waals surface area (Å²) in [6.45, 7) is 2.94. The first kappa shape index (κ1) is 12.1. The highest BCUT2D eigenvalue weighted by molar-refractivity contribution is 6.03. The number of aromatic carboxylic acids is 1. The monoisotopic (exact) mass is 256 g/mol. The van der Waals surface area contributed by atoms with Gasteiger partial charge in [0.1, 0.15) is 0 Å². The molecule has 2 N–H and O–H groups in total. The first-order valence-electron chi connectivity index (χ1n) is 6.54. The van der Waals surface area contributed by atoms with E-state index in [9.17, 15) is 9.90 Å². The van der Waals surface area contributed by atoms with Crippen LogP contribution < -0.4 is 5.32 Å². The summed E-state index contributed by atoms with van der Waals surface area (Å²) in [4.78, 5) is 16.1. The van der Waals surface area contributed by atoms with Gasteiger partial charge in [0.15, 0.2) is 0 Å². The van der Waals surface area contributed by atoms with Crippen LogP contribution in [0.1, 0.15) is 40.5 Å². The Kier molecular flexibility index (Phi) is 2.95. The smallest absolute Gasteiger partial charge is 0.336 e. The SMILES string of the molecule is Cc1cccc2c(C(=O)O)cc(C3CCCN3)nc12. The molecule has 4 heteroatoms. The molecule has 0 radical (unpaired) electrons. The van der Waals surface area contributed by atoms with Crippen LogP contribution in [0, 0.1) is 6.92 Å². The molecule has 0 saturated carbocycles. The quantitative estimate of drug-likeness (QED) is 0.867. The molecule has 1 aliphatic heterocycles. The van der Waals surface area contributed by atoms with Crippen LogP contribution in [0.3, 0.4) is 0 Å². The Morgan fingerprint density at radius 2 is 2.32 bits per heavy atom. The minimum atomic E-state index is -0.891. The first-order chi connectivity index (χ1) is 9.16. The van der Waals surface area contributed by atoms with E-state index >= 15 is 0 Å². The van der Waals surface area contributed by atoms with E-state index in [0.717, 1.165) is 36.2 Å². The summed E-state index contributed by atoms with van der Waals surface area (Å²) in [5.41, 5.74) is 3.00. The van der Waals surface area contributed by atoms with Gasteiger partial charge in [-0.25, -0.2) is 4.79 Å². The van der Waals surface area contributed by atoms with E-state index in [2.05, 4.69) is 10.3 Å². The predicted molar refractivity (Wildman–Crippen MR) is 73.4 cm³/mol. The number of pyridine rings is 1. The molecule has 0 bridgehead atoms. The maximum atomic E-state index is 11.4. The molecular formula is C15H16N2O2. The third-order valence-electron chi connectivity index (χ3n) is 3.71. The summed E-state index contributed by atoms with van der Waals surface area (Å²) in [6, 6.07) is 7.56. The van der Waals surface area contributed by atoms with E-state index in [1.165, 1.54) is 0 Å². The van der Waals surface area contributed by atoms with E-state index in [1.54, 1.807) is 6.07 Å². The van der Waals surface area contributed by atoms with Gasteiger partial charge >= 0.3 is 5.97 Å². The van der Waals surface area contributed by atoms with Gasteiger partial charge in [-0.2, -0.15) is 0 Å². The molecule has 1 unspecified atom stereocenters. The molecule has 1 aliphatic rings. The summed E-state index contributed by atoms with van der Waals surface area (Å²) < 4.78 is 0. The number of benzene rings is 1. The fourth-order valence-corrected chi connectivity index (χ4v) is 2.70. The fraction of sp³-hybridized carbons (Fsp3) is 0.333. The Labute approximate surface area is 111 Å². The largest absolute Gasteiger partial charge is 0.478 e. The molecule has 1 aromatic heterocycles. The van der Waals surface area contributed by atoms with Crippen LogP contribution in [0.25, 0.3) is 10.9 Å². The zero-order chi connectivity index (χ0) is 13.4. The Morgan fingerprint density at radius 3 is 3.00 bits per heavy atom. The van der Waals surface area contributed by atoms with Crippen molar-refractivity contribution < 1.29 is 9.90 Å². The van der Waals surface area contributed by atoms with E-state index in [1.807, 2.05) is 25.1 Å². The molecular weight excluding hydrogens is 240 g/mol. The van der Waals surface area contributed by atoms with Crippen LogP contribution in [0.5, 0.6) is 0 Å². The van der Waals surface area contributed by atoms with Crippen molar-refractivity contribution in [3.8, 4) is 0 Å². The highest BCUT2D eigenvalue weighted by Gasteiger charge is 2.21. The van der Waals surface area contributed by atoms with Crippen LogP contribution in [-0.4, -0.2) is 22.6 Å². The number of aryl methyl sites for hydroxylation is 1. The zero-order valence-corrected chi connectivity index (χ0v) is 10.8. The number of nitrogens with one attached hydrogen (secondary N) is 1. The van der Waals surface area contributed by atoms with Crippen molar-refractivity contribution >= 4 is 16.9 Å². The lowest BCUT2D eigenvalue weighted by molar-refractivity contribution is 0.0699. The molecule has 0 spiro atoms. The standard InChI is InChI=1S/C15H16N2O2/c1-9-4-2-5-10-11(15(18)19)8-13(17-14(9)10)12-6-3-7-16-12/h2,4-5,8,12,16H,3,6-7H2,1H3,(H,18,19). The maximum absolute atomic E-state index is 11.4. The second-order valence-electron chi connectivity index (χ2n) is 5.02. The average molecular weight is 256 g/mol. The van der Waals surface area contributed by atoms with Crippen LogP contribution in [0.2, 0.25) is 0 Å². The van der Waals surface area contributed by atoms with Gasteiger partial charge in [0.05, 0.1) is 16.8 Å². The second kappa shape index (κ2) is 4.63. The molecule has 4 nitrogen and oxygen atoms in total. The lowest BCUT2D eigenvalue weighted by atomic mass is 10.0. The van der Waals surface area contributed by atoms with E-state index in [0.29, 0.717) is 10.9 Å². The highest BCUT2D eigenvalue weighted by Crippen LogP contribution is 2.27. The van der Waals surface area contributed by atoms with E-state index in [4.69, 9.17) is 0 Å². The third-order valence-corrected chi connectivity index (χ3v) is 3.71. The molecule has 2 aromatic rings. The topological polar surface area (TPSA) is 62.2 Å². The van der Waals surface area contributed by atoms with Gasteiger partial charge in [-0.15, -0.1) is 0 Å². The number of carboxylic acids is 1. The molecule has 98 valence electrons. The summed E-state index contributed by atoms with van der Waals surface area (Å²) in [6.07, 6.45) is 2.13. The zero-order valence-electron chi connectivity index (χ0n) is 10.8. The van der Waals surface area contributed by atoms with Crippen LogP contribution in [0.4, 0.5) is 0 Å². The summed E-state index contributed by atoms with van der Waals surface area (Å²) in [5.74, 6) is -0.891. The minimum absolute atomic E-state index is 0.183. The first-order valence-corrected chi connectivity index (χ1v) is 6.54. The number of fused-ring (bicyclic) bond motifs is 1. The van der Waals surface area contributed by atoms with Crippen LogP contribution in [0.15, 0.2) is 24.3 Å². The summed E-state index contributed by atoms with van der Waals surface area (Å²) in [5, 5.41) is 13.5. The average Bonchev–Trinajstić information content (AvgIpc) is 2.92. The fourth-order valence-electron chi connectivity index (χ4n) is 2.70. The van der Waals surface area contributed by atoms with Gasteiger partial charge in [-0.05, 0) is 37.9 Å². The van der Waals surface area contributed by atoms with E-state index in [-0.39, 0.29) is 6.04 Å². The van der Waals surface area contributed by atoms with Gasteiger partial charge < -0.3 is 10.4 Å². The Morgan fingerprint density at radius 1 is 1.47 bits per heavy atom. The number of nitrogens with zero attached hydrogens (tertiary/aromatic N) is 1. The van der Waals surface area contributed by atoms with Crippen molar-refractivity contribution in [3.05, 3.63) is 41.1 Å². The van der Waals surface area contributed by atoms with Crippen LogP contribution in [-0.2, 0) is 0 Å². The van der Waals surface area contributed by atoms with Crippen LogP contribution >= 0.6 is 0 Å². The number of hydrogen-bond acceptors (Lipinski definition) is 3. The molecule has 3 rings (SSSR count). The van der Waals surface area contributed by atoms with Gasteiger partial charge in [0.25, 0.3) is 0 Å². The lowest BCUT2D eigenvalue weighted by Gasteiger charge is -2.13. The van der Waals surface area contributed by atoms with Crippen molar-refractivity contribution in [2.24, 2.45) is 0 Å². The van der Waals surface area contributed by atoms with Gasteiger partial charge in [0, 0.05) is 11.4 Å². The number of carbonyl (C=O) groups is 1. The summed E-state index contributed by atoms with van der Waals surface area (Å²) in [7, 11) is 0. The van der Waals surface area contributed by atoms with Gasteiger partial charge in [0.2, 0.25) is 0 Å². The molecule has 1 aromatic carbocycles. The van der Waals surface area contributed by atoms with E-state index < -0.39 is 5.97 Å². The third kappa shape index (κ3) is 2.08. The second-order valence-corrected chi connectivity index (χ2v) is 5.02. The van der Waals surface area contributed by atoms with Gasteiger partial charge in [-0.3, -0.25) is 4.98 Å². The number of carboxylic acid groups (broad SMARTS) is 1. The number of para-hydroxylation sites is 1. The molecule has 1 saturated heterocycles. The lowest BCUT2D eigenvalue weighted by Crippen LogP contribution is -2.15. The Hall–Kier alpha value is -1.94. The maximum Gasteiger partial charge on any atom is 0.336 e. The van der Waals surface area contributed by atoms with Crippen molar-refractivity contribution in [2.45, 2.75) is 25.8 Å². The van der Waals surface area contributed by atoms with Crippen molar-refractivity contribution in [3.63, 3.8) is 0 Å². The number of rotatable bonds is 2. The normalized spacial score (nSPS) is 18.9. The molecule has 0 amide bonds. The van der Waals surface area contributed by atoms with Crippen molar-refractivity contribution in [1.82, 2.24) is 10.3 Å². The molecule has 1 fully saturated rings.